The molecule has 0 spiro atoms. The van der Waals surface area contributed by atoms with Gasteiger partial charge in [-0.25, -0.2) is 0 Å². The van der Waals surface area contributed by atoms with Gasteiger partial charge < -0.3 is 9.84 Å². The summed E-state index contributed by atoms with van der Waals surface area (Å²) in [5, 5.41) is 9.70. The molecule has 1 fully saturated rings. The van der Waals surface area contributed by atoms with Gasteiger partial charge in [0.1, 0.15) is 0 Å². The minimum Gasteiger partial charge on any atom is -0.368 e. The average molecular weight is 217 g/mol. The van der Waals surface area contributed by atoms with Gasteiger partial charge >= 0.3 is 0 Å². The van der Waals surface area contributed by atoms with E-state index in [-0.39, 0.29) is 11.3 Å². The van der Waals surface area contributed by atoms with Crippen molar-refractivity contribution in [2.45, 2.75) is 32.0 Å². The molecule has 0 aromatic carbocycles. The molecule has 0 bridgehead atoms. The number of alkyl halides is 1. The van der Waals surface area contributed by atoms with Crippen LogP contribution in [0.3, 0.4) is 0 Å². The van der Waals surface area contributed by atoms with Crippen LogP contribution in [0.5, 0.6) is 0 Å². The van der Waals surface area contributed by atoms with Crippen molar-refractivity contribution in [1.82, 2.24) is 0 Å². The number of aliphatic hydroxyl groups excluding tert-OH is 1. The molecule has 2 rings (SSSR count). The third-order valence-corrected chi connectivity index (χ3v) is 3.74. The average Bonchev–Trinajstić information content (AvgIpc) is 2.55. The molecule has 2 nitrogen and oxygen atoms in total. The summed E-state index contributed by atoms with van der Waals surface area (Å²) in [6.45, 7) is 0.659. The van der Waals surface area contributed by atoms with Gasteiger partial charge in [-0.1, -0.05) is 12.2 Å². The Labute approximate surface area is 89.9 Å². The number of rotatable bonds is 3. The zero-order valence-corrected chi connectivity index (χ0v) is 9.04. The highest BCUT2D eigenvalue weighted by Crippen LogP contribution is 2.47. The Bertz CT molecular complexity index is 229. The third-order valence-electron chi connectivity index (χ3n) is 3.48. The molecular formula is C11H17ClO2. The van der Waals surface area contributed by atoms with Gasteiger partial charge in [-0.2, -0.15) is 0 Å². The van der Waals surface area contributed by atoms with E-state index in [9.17, 15) is 5.11 Å². The van der Waals surface area contributed by atoms with Gasteiger partial charge in [0.2, 0.25) is 0 Å². The van der Waals surface area contributed by atoms with Gasteiger partial charge in [-0.3, -0.25) is 0 Å². The van der Waals surface area contributed by atoms with Gasteiger partial charge in [0, 0.05) is 17.2 Å². The van der Waals surface area contributed by atoms with E-state index in [0.29, 0.717) is 12.5 Å². The van der Waals surface area contributed by atoms with Crippen molar-refractivity contribution in [3.63, 3.8) is 0 Å². The number of fused-ring (bicyclic) bond motifs is 1. The highest BCUT2D eigenvalue weighted by atomic mass is 35.5. The zero-order chi connectivity index (χ0) is 10.0. The van der Waals surface area contributed by atoms with E-state index in [2.05, 4.69) is 12.2 Å². The first-order valence-corrected chi connectivity index (χ1v) is 5.85. The summed E-state index contributed by atoms with van der Waals surface area (Å²) in [5.41, 5.74) is 0.0759. The first-order valence-electron chi connectivity index (χ1n) is 5.32. The fraction of sp³-hybridized carbons (Fsp3) is 0.818. The standard InChI is InChI=1S/C11H17ClO2/c12-7-3-6-11-5-2-1-4-9(11)10(13)14-8-11/h2,5,9-10,13H,1,3-4,6-8H2/t9-,10?,11-/m0/s1. The molecule has 0 radical (unpaired) electrons. The molecule has 1 N–H and O–H groups in total. The number of aliphatic hydroxyl groups is 1. The van der Waals surface area contributed by atoms with Crippen LogP contribution < -0.4 is 0 Å². The molecule has 1 heterocycles. The van der Waals surface area contributed by atoms with Crippen molar-refractivity contribution in [3.8, 4) is 0 Å². The maximum atomic E-state index is 9.70. The molecule has 1 aliphatic heterocycles. The van der Waals surface area contributed by atoms with Crippen LogP contribution in [-0.4, -0.2) is 23.9 Å². The van der Waals surface area contributed by atoms with Crippen LogP contribution in [0.25, 0.3) is 0 Å². The van der Waals surface area contributed by atoms with E-state index in [1.807, 2.05) is 0 Å². The van der Waals surface area contributed by atoms with Crippen molar-refractivity contribution in [2.75, 3.05) is 12.5 Å². The van der Waals surface area contributed by atoms with Crippen LogP contribution >= 0.6 is 11.6 Å². The second-order valence-corrected chi connectivity index (χ2v) is 4.69. The fourth-order valence-electron chi connectivity index (χ4n) is 2.68. The summed E-state index contributed by atoms with van der Waals surface area (Å²) < 4.78 is 5.36. The summed E-state index contributed by atoms with van der Waals surface area (Å²) in [7, 11) is 0. The van der Waals surface area contributed by atoms with E-state index in [1.165, 1.54) is 0 Å². The van der Waals surface area contributed by atoms with Crippen LogP contribution in [0.2, 0.25) is 0 Å². The maximum absolute atomic E-state index is 9.70. The smallest absolute Gasteiger partial charge is 0.158 e. The zero-order valence-electron chi connectivity index (χ0n) is 8.29. The summed E-state index contributed by atoms with van der Waals surface area (Å²) in [6.07, 6.45) is 8.03. The predicted molar refractivity (Wildman–Crippen MR) is 56.2 cm³/mol. The molecule has 1 saturated heterocycles. The Balaban J connectivity index is 2.11. The summed E-state index contributed by atoms with van der Waals surface area (Å²) in [5.74, 6) is 0.981. The first kappa shape index (κ1) is 10.5. The van der Waals surface area contributed by atoms with Crippen LogP contribution in [0.4, 0.5) is 0 Å². The van der Waals surface area contributed by atoms with E-state index in [4.69, 9.17) is 16.3 Å². The normalized spacial score (nSPS) is 41.3. The fourth-order valence-corrected chi connectivity index (χ4v) is 2.81. The van der Waals surface area contributed by atoms with E-state index >= 15 is 0 Å². The number of allylic oxidation sites excluding steroid dienone is 1. The van der Waals surface area contributed by atoms with E-state index in [0.717, 1.165) is 25.7 Å². The summed E-state index contributed by atoms with van der Waals surface area (Å²) in [4.78, 5) is 0. The maximum Gasteiger partial charge on any atom is 0.158 e. The van der Waals surface area contributed by atoms with Crippen LogP contribution in [0.15, 0.2) is 12.2 Å². The van der Waals surface area contributed by atoms with Gasteiger partial charge in [0.15, 0.2) is 6.29 Å². The van der Waals surface area contributed by atoms with Crippen molar-refractivity contribution >= 4 is 11.6 Å². The largest absolute Gasteiger partial charge is 0.368 e. The van der Waals surface area contributed by atoms with Crippen LogP contribution in [0.1, 0.15) is 25.7 Å². The molecule has 0 aromatic heterocycles. The Morgan fingerprint density at radius 2 is 2.43 bits per heavy atom. The number of hydrogen-bond donors (Lipinski definition) is 1. The lowest BCUT2D eigenvalue weighted by Gasteiger charge is -2.34. The SMILES string of the molecule is OC1OC[C@@]2(CCCCl)C=CCC[C@@H]12. The molecule has 1 aliphatic carbocycles. The second-order valence-electron chi connectivity index (χ2n) is 4.31. The number of halogens is 1. The number of ether oxygens (including phenoxy) is 1. The molecule has 0 aromatic rings. The molecule has 3 atom stereocenters. The van der Waals surface area contributed by atoms with Crippen LogP contribution in [-0.2, 0) is 4.74 Å². The highest BCUT2D eigenvalue weighted by Gasteiger charge is 2.47. The lowest BCUT2D eigenvalue weighted by molar-refractivity contribution is -0.0838. The van der Waals surface area contributed by atoms with Crippen molar-refractivity contribution in [2.24, 2.45) is 11.3 Å². The quantitative estimate of drug-likeness (QED) is 0.580. The highest BCUT2D eigenvalue weighted by molar-refractivity contribution is 6.17. The van der Waals surface area contributed by atoms with Crippen LogP contribution in [0, 0.1) is 11.3 Å². The molecule has 2 aliphatic rings. The summed E-state index contributed by atoms with van der Waals surface area (Å²) in [6, 6.07) is 0. The molecule has 1 unspecified atom stereocenters. The predicted octanol–water partition coefficient (Wildman–Crippen LogP) is 2.31. The molecule has 0 saturated carbocycles. The van der Waals surface area contributed by atoms with Gasteiger partial charge in [0.05, 0.1) is 6.61 Å². The van der Waals surface area contributed by atoms with Crippen molar-refractivity contribution in [1.29, 1.82) is 0 Å². The first-order chi connectivity index (χ1) is 6.78. The van der Waals surface area contributed by atoms with Gasteiger partial charge in [-0.15, -0.1) is 11.6 Å². The molecule has 80 valence electrons. The Hall–Kier alpha value is -0.0500. The third kappa shape index (κ3) is 1.71. The lowest BCUT2D eigenvalue weighted by atomic mass is 9.69. The van der Waals surface area contributed by atoms with E-state index in [1.54, 1.807) is 0 Å². The molecule has 14 heavy (non-hydrogen) atoms. The van der Waals surface area contributed by atoms with Crippen molar-refractivity contribution in [3.05, 3.63) is 12.2 Å². The topological polar surface area (TPSA) is 29.5 Å². The molecule has 0 amide bonds. The molecule has 3 heteroatoms. The Morgan fingerprint density at radius 3 is 3.21 bits per heavy atom. The lowest BCUT2D eigenvalue weighted by Crippen LogP contribution is -2.32. The van der Waals surface area contributed by atoms with Crippen molar-refractivity contribution < 1.29 is 9.84 Å². The summed E-state index contributed by atoms with van der Waals surface area (Å²) >= 11 is 5.72. The van der Waals surface area contributed by atoms with Gasteiger partial charge in [0.25, 0.3) is 0 Å². The Morgan fingerprint density at radius 1 is 1.57 bits per heavy atom. The minimum atomic E-state index is -0.560. The van der Waals surface area contributed by atoms with E-state index < -0.39 is 6.29 Å². The monoisotopic (exact) mass is 216 g/mol. The van der Waals surface area contributed by atoms with Gasteiger partial charge in [-0.05, 0) is 25.7 Å². The number of hydrogen-bond acceptors (Lipinski definition) is 2. The minimum absolute atomic E-state index is 0.0759. The molecular weight excluding hydrogens is 200 g/mol. The second kappa shape index (κ2) is 4.21. The Kier molecular flexibility index (Phi) is 3.15.